The smallest absolute Gasteiger partial charge is 0.215 e. The second-order valence-corrected chi connectivity index (χ2v) is 10.4. The number of carbonyl (C=O) groups excluding carboxylic acids is 1. The van der Waals surface area contributed by atoms with E-state index in [1.807, 2.05) is 68.4 Å². The Bertz CT molecular complexity index is 1520. The van der Waals surface area contributed by atoms with Crippen LogP contribution in [0, 0.1) is 6.92 Å². The van der Waals surface area contributed by atoms with Crippen molar-refractivity contribution in [3.8, 4) is 0 Å². The summed E-state index contributed by atoms with van der Waals surface area (Å²) >= 11 is 0. The number of aliphatic imine (C=N–C) groups is 1. The Labute approximate surface area is 236 Å². The summed E-state index contributed by atoms with van der Waals surface area (Å²) in [5.74, 6) is -0.141. The maximum Gasteiger partial charge on any atom is 0.215 e. The number of nitrogens with zero attached hydrogens (tertiary/aromatic N) is 3. The van der Waals surface area contributed by atoms with Crippen molar-refractivity contribution in [3.05, 3.63) is 101 Å². The van der Waals surface area contributed by atoms with E-state index in [0.717, 1.165) is 43.4 Å². The molecule has 4 aromatic rings. The lowest BCUT2D eigenvalue weighted by atomic mass is 9.92. The molecule has 0 atom stereocenters. The normalized spacial score (nSPS) is 13.7. The van der Waals surface area contributed by atoms with Crippen LogP contribution in [0.3, 0.4) is 0 Å². The Morgan fingerprint density at radius 2 is 1.65 bits per heavy atom. The fourth-order valence-electron chi connectivity index (χ4n) is 5.12. The van der Waals surface area contributed by atoms with Gasteiger partial charge >= 0.3 is 0 Å². The van der Waals surface area contributed by atoms with Crippen LogP contribution in [-0.4, -0.2) is 35.3 Å². The molecule has 6 heteroatoms. The third-order valence-electron chi connectivity index (χ3n) is 7.35. The van der Waals surface area contributed by atoms with Crippen LogP contribution in [-0.2, 0) is 12.8 Å². The fourth-order valence-corrected chi connectivity index (χ4v) is 5.12. The monoisotopic (exact) mass is 531 g/mol. The number of fused-ring (bicyclic) bond motifs is 2. The number of unbranched alkanes of at least 4 members (excludes halogenated alkanes) is 1. The van der Waals surface area contributed by atoms with E-state index in [1.54, 1.807) is 0 Å². The molecule has 40 heavy (non-hydrogen) atoms. The number of para-hydroxylation sites is 1. The van der Waals surface area contributed by atoms with Gasteiger partial charge in [0.25, 0.3) is 0 Å². The molecule has 1 aliphatic carbocycles. The van der Waals surface area contributed by atoms with Crippen molar-refractivity contribution in [2.45, 2.75) is 52.4 Å². The van der Waals surface area contributed by atoms with Crippen molar-refractivity contribution in [2.75, 3.05) is 23.8 Å². The first-order valence-electron chi connectivity index (χ1n) is 14.3. The molecular weight excluding hydrogens is 494 g/mol. The highest BCUT2D eigenvalue weighted by Crippen LogP contribution is 2.33. The van der Waals surface area contributed by atoms with E-state index in [-0.39, 0.29) is 5.78 Å². The van der Waals surface area contributed by atoms with Crippen LogP contribution >= 0.6 is 0 Å². The van der Waals surface area contributed by atoms with Crippen LogP contribution in [0.15, 0.2) is 89.0 Å². The Kier molecular flexibility index (Phi) is 8.96. The number of hydrogen-bond acceptors (Lipinski definition) is 6. The second-order valence-electron chi connectivity index (χ2n) is 10.4. The van der Waals surface area contributed by atoms with Gasteiger partial charge in [0.2, 0.25) is 5.78 Å². The maximum absolute atomic E-state index is 13.3. The van der Waals surface area contributed by atoms with Crippen LogP contribution < -0.4 is 10.7 Å². The van der Waals surface area contributed by atoms with E-state index >= 15 is 0 Å². The fraction of sp³-hybridized carbons (Fsp3) is 0.294. The molecule has 0 spiro atoms. The molecule has 0 radical (unpaired) electrons. The molecule has 6 nitrogen and oxygen atoms in total. The van der Waals surface area contributed by atoms with Crippen LogP contribution in [0.25, 0.3) is 10.9 Å². The lowest BCUT2D eigenvalue weighted by Crippen LogP contribution is -2.24. The zero-order valence-corrected chi connectivity index (χ0v) is 23.4. The minimum absolute atomic E-state index is 0.141. The Morgan fingerprint density at radius 3 is 2.48 bits per heavy atom. The molecule has 1 heterocycles. The van der Waals surface area contributed by atoms with E-state index in [2.05, 4.69) is 40.1 Å². The molecule has 0 amide bonds. The van der Waals surface area contributed by atoms with Crippen molar-refractivity contribution >= 4 is 39.5 Å². The van der Waals surface area contributed by atoms with Gasteiger partial charge in [0, 0.05) is 35.4 Å². The van der Waals surface area contributed by atoms with Gasteiger partial charge in [-0.15, -0.1) is 0 Å². The number of hydrazone groups is 1. The van der Waals surface area contributed by atoms with Crippen LogP contribution in [0.1, 0.15) is 59.8 Å². The van der Waals surface area contributed by atoms with Crippen molar-refractivity contribution in [1.82, 2.24) is 4.98 Å². The van der Waals surface area contributed by atoms with Gasteiger partial charge in [-0.3, -0.25) is 20.2 Å². The largest absolute Gasteiger partial charge is 0.384 e. The number of ketones is 1. The SMILES string of the molecule is CC(=NCCCCNc1c2c(nc3ccccc13)CCCC2)/C(=N/Nc1ccc(C)cc1)C(=O)c1ccccc1. The number of aromatic nitrogens is 1. The average Bonchev–Trinajstić information content (AvgIpc) is 2.99. The molecule has 0 bridgehead atoms. The average molecular weight is 532 g/mol. The quantitative estimate of drug-likeness (QED) is 0.0913. The lowest BCUT2D eigenvalue weighted by Gasteiger charge is -2.21. The number of anilines is 2. The molecule has 0 saturated carbocycles. The van der Waals surface area contributed by atoms with Crippen molar-refractivity contribution in [2.24, 2.45) is 10.1 Å². The number of nitrogens with one attached hydrogen (secondary N) is 2. The van der Waals surface area contributed by atoms with Gasteiger partial charge in [-0.2, -0.15) is 5.10 Å². The molecule has 0 saturated heterocycles. The third kappa shape index (κ3) is 6.63. The Balaban J connectivity index is 1.23. The second kappa shape index (κ2) is 13.2. The highest BCUT2D eigenvalue weighted by Gasteiger charge is 2.19. The standard InChI is InChI=1S/C34H37N5O/c1-24-18-20-27(21-19-24)38-39-32(34(40)26-12-4-3-5-13-26)25(2)35-22-10-11-23-36-33-28-14-6-8-16-30(28)37-31-17-9-7-15-29(31)33/h3-6,8,12-14,16,18-21,38H,7,9-11,15,17,22-23H2,1-2H3,(H,36,37)/b35-25?,39-32-. The number of aryl methyl sites for hydroxylation is 2. The van der Waals surface area contributed by atoms with E-state index in [4.69, 9.17) is 9.98 Å². The Hall–Kier alpha value is -4.32. The van der Waals surface area contributed by atoms with E-state index in [9.17, 15) is 4.79 Å². The number of Topliss-reactive ketones (excluding diaryl/α,β-unsaturated/α-hetero) is 1. The molecule has 3 aromatic carbocycles. The van der Waals surface area contributed by atoms with Gasteiger partial charge in [-0.25, -0.2) is 0 Å². The zero-order chi connectivity index (χ0) is 27.7. The van der Waals surface area contributed by atoms with Crippen LogP contribution in [0.5, 0.6) is 0 Å². The topological polar surface area (TPSA) is 78.7 Å². The first kappa shape index (κ1) is 27.3. The molecule has 1 aromatic heterocycles. The first-order chi connectivity index (χ1) is 19.6. The molecular formula is C34H37N5O. The Morgan fingerprint density at radius 1 is 0.900 bits per heavy atom. The van der Waals surface area contributed by atoms with Gasteiger partial charge < -0.3 is 5.32 Å². The van der Waals surface area contributed by atoms with Gasteiger partial charge in [0.15, 0.2) is 5.71 Å². The third-order valence-corrected chi connectivity index (χ3v) is 7.35. The zero-order valence-electron chi connectivity index (χ0n) is 23.4. The minimum Gasteiger partial charge on any atom is -0.384 e. The molecule has 5 rings (SSSR count). The lowest BCUT2D eigenvalue weighted by molar-refractivity contribution is 0.106. The summed E-state index contributed by atoms with van der Waals surface area (Å²) in [6.07, 6.45) is 6.48. The number of hydrogen-bond donors (Lipinski definition) is 2. The summed E-state index contributed by atoms with van der Waals surface area (Å²) in [6, 6.07) is 25.6. The highest BCUT2D eigenvalue weighted by atomic mass is 16.1. The van der Waals surface area contributed by atoms with Gasteiger partial charge in [-0.1, -0.05) is 66.2 Å². The molecule has 204 valence electrons. The summed E-state index contributed by atoms with van der Waals surface area (Å²) in [4.78, 5) is 23.0. The summed E-state index contributed by atoms with van der Waals surface area (Å²) < 4.78 is 0. The minimum atomic E-state index is -0.141. The number of carbonyl (C=O) groups is 1. The summed E-state index contributed by atoms with van der Waals surface area (Å²) in [5, 5.41) is 9.43. The van der Waals surface area contributed by atoms with Crippen LogP contribution in [0.4, 0.5) is 11.4 Å². The first-order valence-corrected chi connectivity index (χ1v) is 14.3. The summed E-state index contributed by atoms with van der Waals surface area (Å²) in [7, 11) is 0. The van der Waals surface area contributed by atoms with Crippen molar-refractivity contribution in [3.63, 3.8) is 0 Å². The molecule has 0 unspecified atom stereocenters. The predicted molar refractivity (Wildman–Crippen MR) is 167 cm³/mol. The molecule has 1 aliphatic rings. The van der Waals surface area contributed by atoms with Gasteiger partial charge in [-0.05, 0) is 76.1 Å². The number of rotatable bonds is 11. The molecule has 2 N–H and O–H groups in total. The summed E-state index contributed by atoms with van der Waals surface area (Å²) in [5.41, 5.74) is 11.6. The number of pyridine rings is 1. The molecule has 0 aliphatic heterocycles. The van der Waals surface area contributed by atoms with Crippen molar-refractivity contribution < 1.29 is 4.79 Å². The summed E-state index contributed by atoms with van der Waals surface area (Å²) in [6.45, 7) is 5.41. The predicted octanol–water partition coefficient (Wildman–Crippen LogP) is 7.43. The van der Waals surface area contributed by atoms with E-state index in [0.29, 0.717) is 23.5 Å². The number of benzene rings is 3. The van der Waals surface area contributed by atoms with Crippen LogP contribution in [0.2, 0.25) is 0 Å². The molecule has 0 fully saturated rings. The van der Waals surface area contributed by atoms with Gasteiger partial charge in [0.1, 0.15) is 0 Å². The van der Waals surface area contributed by atoms with Crippen molar-refractivity contribution in [1.29, 1.82) is 0 Å². The van der Waals surface area contributed by atoms with E-state index in [1.165, 1.54) is 40.7 Å². The van der Waals surface area contributed by atoms with Gasteiger partial charge in [0.05, 0.1) is 16.9 Å². The maximum atomic E-state index is 13.3. The highest BCUT2D eigenvalue weighted by molar-refractivity contribution is 6.70. The van der Waals surface area contributed by atoms with E-state index < -0.39 is 0 Å².